The van der Waals surface area contributed by atoms with E-state index in [4.69, 9.17) is 10.7 Å². The summed E-state index contributed by atoms with van der Waals surface area (Å²) in [5.74, 6) is 1.66. The van der Waals surface area contributed by atoms with Crippen molar-refractivity contribution in [2.24, 2.45) is 5.73 Å². The minimum atomic E-state index is 0.505. The van der Waals surface area contributed by atoms with Gasteiger partial charge >= 0.3 is 0 Å². The van der Waals surface area contributed by atoms with Crippen LogP contribution in [0.1, 0.15) is 36.6 Å². The third-order valence-electron chi connectivity index (χ3n) is 3.85. The van der Waals surface area contributed by atoms with E-state index in [1.54, 1.807) is 0 Å². The Morgan fingerprint density at radius 2 is 2.32 bits per heavy atom. The highest BCUT2D eigenvalue weighted by atomic mass is 15.1. The van der Waals surface area contributed by atoms with E-state index in [0.29, 0.717) is 12.5 Å². The molecule has 0 aromatic carbocycles. The molecule has 3 rings (SSSR count). The lowest BCUT2D eigenvalue weighted by Crippen LogP contribution is -2.16. The van der Waals surface area contributed by atoms with Gasteiger partial charge in [0.15, 0.2) is 5.65 Å². The van der Waals surface area contributed by atoms with Crippen LogP contribution in [0.15, 0.2) is 24.4 Å². The highest BCUT2D eigenvalue weighted by Gasteiger charge is 2.21. The van der Waals surface area contributed by atoms with E-state index in [-0.39, 0.29) is 0 Å². The molecule has 2 N–H and O–H groups in total. The molecule has 2 aromatic rings. The van der Waals surface area contributed by atoms with Crippen molar-refractivity contribution in [2.75, 3.05) is 6.54 Å². The summed E-state index contributed by atoms with van der Waals surface area (Å²) in [6.45, 7) is 3.51. The third kappa shape index (κ3) is 2.16. The molecule has 0 spiro atoms. The Labute approximate surface area is 113 Å². The second-order valence-electron chi connectivity index (χ2n) is 5.19. The molecule has 4 heteroatoms. The normalized spacial score (nSPS) is 19.2. The molecule has 0 fully saturated rings. The number of rotatable bonds is 3. The van der Waals surface area contributed by atoms with Crippen LogP contribution in [0.3, 0.4) is 0 Å². The average molecular weight is 256 g/mol. The number of nitrogens with zero attached hydrogens (tertiary/aromatic N) is 3. The third-order valence-corrected chi connectivity index (χ3v) is 3.85. The number of hydrogen-bond donors (Lipinski definition) is 1. The molecule has 19 heavy (non-hydrogen) atoms. The molecule has 0 radical (unpaired) electrons. The van der Waals surface area contributed by atoms with E-state index in [1.807, 2.05) is 12.3 Å². The van der Waals surface area contributed by atoms with Crippen LogP contribution >= 0.6 is 0 Å². The van der Waals surface area contributed by atoms with Crippen molar-refractivity contribution in [3.63, 3.8) is 0 Å². The van der Waals surface area contributed by atoms with E-state index < -0.39 is 0 Å². The summed E-state index contributed by atoms with van der Waals surface area (Å²) in [6, 6.07) is 2.02. The predicted molar refractivity (Wildman–Crippen MR) is 77.1 cm³/mol. The van der Waals surface area contributed by atoms with E-state index >= 15 is 0 Å². The number of pyridine rings is 1. The van der Waals surface area contributed by atoms with Gasteiger partial charge in [0.2, 0.25) is 0 Å². The van der Waals surface area contributed by atoms with Crippen molar-refractivity contribution in [2.45, 2.75) is 38.6 Å². The minimum absolute atomic E-state index is 0.505. The van der Waals surface area contributed by atoms with Crippen LogP contribution < -0.4 is 5.73 Å². The Morgan fingerprint density at radius 3 is 3.05 bits per heavy atom. The second-order valence-corrected chi connectivity index (χ2v) is 5.19. The van der Waals surface area contributed by atoms with Crippen molar-refractivity contribution < 1.29 is 0 Å². The van der Waals surface area contributed by atoms with Gasteiger partial charge < -0.3 is 10.3 Å². The maximum Gasteiger partial charge on any atom is 0.160 e. The van der Waals surface area contributed by atoms with Gasteiger partial charge in [0, 0.05) is 25.2 Å². The molecule has 1 aliphatic carbocycles. The highest BCUT2D eigenvalue weighted by Crippen LogP contribution is 2.31. The molecule has 1 unspecified atom stereocenters. The maximum atomic E-state index is 5.76. The largest absolute Gasteiger partial charge is 0.329 e. The SMILES string of the molecule is Cc1ccnc2c1nc(C1CC=CCC1)n2CCN. The minimum Gasteiger partial charge on any atom is -0.329 e. The first-order valence-corrected chi connectivity index (χ1v) is 6.98. The smallest absolute Gasteiger partial charge is 0.160 e. The molecule has 1 aliphatic rings. The topological polar surface area (TPSA) is 56.7 Å². The van der Waals surface area contributed by atoms with Crippen molar-refractivity contribution in [1.82, 2.24) is 14.5 Å². The summed E-state index contributed by atoms with van der Waals surface area (Å²) >= 11 is 0. The monoisotopic (exact) mass is 256 g/mol. The first kappa shape index (κ1) is 12.4. The van der Waals surface area contributed by atoms with E-state index in [9.17, 15) is 0 Å². The van der Waals surface area contributed by atoms with E-state index in [2.05, 4.69) is 28.6 Å². The molecular weight excluding hydrogens is 236 g/mol. The molecule has 0 aliphatic heterocycles. The fourth-order valence-corrected chi connectivity index (χ4v) is 2.84. The van der Waals surface area contributed by atoms with Crippen LogP contribution in [0.2, 0.25) is 0 Å². The van der Waals surface area contributed by atoms with E-state index in [1.165, 1.54) is 12.0 Å². The van der Waals surface area contributed by atoms with Gasteiger partial charge in [-0.2, -0.15) is 0 Å². The molecule has 2 aromatic heterocycles. The predicted octanol–water partition coefficient (Wildman–Crippen LogP) is 2.52. The number of nitrogens with two attached hydrogens (primary N) is 1. The summed E-state index contributed by atoms with van der Waals surface area (Å²) in [5.41, 5.74) is 8.95. The second kappa shape index (κ2) is 5.13. The maximum absolute atomic E-state index is 5.76. The number of allylic oxidation sites excluding steroid dienone is 2. The summed E-state index contributed by atoms with van der Waals surface area (Å²) in [6.07, 6.45) is 9.77. The van der Waals surface area contributed by atoms with Crippen LogP contribution in [0.5, 0.6) is 0 Å². The zero-order valence-corrected chi connectivity index (χ0v) is 11.3. The van der Waals surface area contributed by atoms with Crippen LogP contribution in [0.25, 0.3) is 11.2 Å². The number of aryl methyl sites for hydroxylation is 1. The molecule has 1 atom stereocenters. The molecule has 0 saturated carbocycles. The van der Waals surface area contributed by atoms with Gasteiger partial charge in [-0.3, -0.25) is 0 Å². The van der Waals surface area contributed by atoms with Gasteiger partial charge in [-0.05, 0) is 37.8 Å². The van der Waals surface area contributed by atoms with E-state index in [0.717, 1.165) is 36.4 Å². The van der Waals surface area contributed by atoms with Crippen LogP contribution in [-0.2, 0) is 6.54 Å². The van der Waals surface area contributed by atoms with Crippen molar-refractivity contribution in [1.29, 1.82) is 0 Å². The molecule has 0 bridgehead atoms. The van der Waals surface area contributed by atoms with Gasteiger partial charge in [0.1, 0.15) is 11.3 Å². The van der Waals surface area contributed by atoms with Gasteiger partial charge in [-0.15, -0.1) is 0 Å². The zero-order valence-electron chi connectivity index (χ0n) is 11.3. The van der Waals surface area contributed by atoms with Crippen LogP contribution in [0.4, 0.5) is 0 Å². The van der Waals surface area contributed by atoms with Crippen molar-refractivity contribution in [3.8, 4) is 0 Å². The van der Waals surface area contributed by atoms with Gasteiger partial charge in [0.05, 0.1) is 0 Å². The summed E-state index contributed by atoms with van der Waals surface area (Å²) in [7, 11) is 0. The van der Waals surface area contributed by atoms with Gasteiger partial charge in [-0.25, -0.2) is 9.97 Å². The molecule has 0 saturated heterocycles. The van der Waals surface area contributed by atoms with Gasteiger partial charge in [-0.1, -0.05) is 12.2 Å². The number of hydrogen-bond acceptors (Lipinski definition) is 3. The Bertz CT molecular complexity index is 612. The Balaban J connectivity index is 2.14. The standard InChI is InChI=1S/C15H20N4/c1-11-7-9-17-15-13(11)18-14(19(15)10-8-16)12-5-3-2-4-6-12/h2-3,7,9,12H,4-6,8,10,16H2,1H3. The van der Waals surface area contributed by atoms with Crippen molar-refractivity contribution >= 4 is 11.2 Å². The van der Waals surface area contributed by atoms with Crippen molar-refractivity contribution in [3.05, 3.63) is 35.8 Å². The average Bonchev–Trinajstić information content (AvgIpc) is 2.81. The number of imidazole rings is 1. The first-order valence-electron chi connectivity index (χ1n) is 6.98. The Hall–Kier alpha value is -1.68. The molecule has 0 amide bonds. The zero-order chi connectivity index (χ0) is 13.2. The molecular formula is C15H20N4. The summed E-state index contributed by atoms with van der Waals surface area (Å²) in [4.78, 5) is 9.37. The summed E-state index contributed by atoms with van der Waals surface area (Å²) in [5, 5.41) is 0. The number of fused-ring (bicyclic) bond motifs is 1. The lowest BCUT2D eigenvalue weighted by molar-refractivity contribution is 0.542. The highest BCUT2D eigenvalue weighted by molar-refractivity contribution is 5.75. The fraction of sp³-hybridized carbons (Fsp3) is 0.467. The fourth-order valence-electron chi connectivity index (χ4n) is 2.84. The Kier molecular flexibility index (Phi) is 3.34. The Morgan fingerprint density at radius 1 is 1.42 bits per heavy atom. The molecule has 100 valence electrons. The summed E-state index contributed by atoms with van der Waals surface area (Å²) < 4.78 is 2.21. The number of aromatic nitrogens is 3. The lowest BCUT2D eigenvalue weighted by Gasteiger charge is -2.18. The quantitative estimate of drug-likeness (QED) is 0.858. The van der Waals surface area contributed by atoms with Crippen LogP contribution in [-0.4, -0.2) is 21.1 Å². The van der Waals surface area contributed by atoms with Gasteiger partial charge in [0.25, 0.3) is 0 Å². The molecule has 2 heterocycles. The van der Waals surface area contributed by atoms with Crippen LogP contribution in [0, 0.1) is 6.92 Å². The molecule has 4 nitrogen and oxygen atoms in total. The first-order chi connectivity index (χ1) is 9.31. The lowest BCUT2D eigenvalue weighted by atomic mass is 9.93.